The first-order valence-electron chi connectivity index (χ1n) is 7.15. The summed E-state index contributed by atoms with van der Waals surface area (Å²) in [6, 6.07) is 5.79. The van der Waals surface area contributed by atoms with E-state index < -0.39 is 0 Å². The fourth-order valence-corrected chi connectivity index (χ4v) is 2.59. The Morgan fingerprint density at radius 1 is 1.45 bits per heavy atom. The van der Waals surface area contributed by atoms with E-state index in [1.165, 1.54) is 12.8 Å². The van der Waals surface area contributed by atoms with Gasteiger partial charge in [0.05, 0.1) is 12.8 Å². The van der Waals surface area contributed by atoms with Crippen LogP contribution in [0.25, 0.3) is 0 Å². The highest BCUT2D eigenvalue weighted by molar-refractivity contribution is 5.43. The summed E-state index contributed by atoms with van der Waals surface area (Å²) >= 11 is 0. The zero-order valence-corrected chi connectivity index (χ0v) is 11.7. The quantitative estimate of drug-likeness (QED) is 0.927. The minimum Gasteiger partial charge on any atom is -0.467 e. The minimum absolute atomic E-state index is 0.604. The lowest BCUT2D eigenvalue weighted by Crippen LogP contribution is -2.34. The topological polar surface area (TPSA) is 54.2 Å². The molecule has 0 spiro atoms. The molecule has 1 unspecified atom stereocenters. The Hall–Kier alpha value is -2.04. The van der Waals surface area contributed by atoms with Crippen molar-refractivity contribution >= 4 is 11.8 Å². The van der Waals surface area contributed by atoms with Crippen LogP contribution in [0, 0.1) is 5.92 Å². The third-order valence-electron chi connectivity index (χ3n) is 3.62. The molecule has 106 valence electrons. The van der Waals surface area contributed by atoms with Gasteiger partial charge in [-0.1, -0.05) is 6.92 Å². The van der Waals surface area contributed by atoms with Crippen LogP contribution in [-0.2, 0) is 6.54 Å². The number of aromatic nitrogens is 2. The lowest BCUT2D eigenvalue weighted by molar-refractivity contribution is 0.444. The second kappa shape index (κ2) is 5.94. The highest BCUT2D eigenvalue weighted by atomic mass is 16.3. The molecule has 1 fully saturated rings. The number of furan rings is 1. The molecule has 5 nitrogen and oxygen atoms in total. The third kappa shape index (κ3) is 3.10. The van der Waals surface area contributed by atoms with Crippen LogP contribution in [0.15, 0.2) is 35.1 Å². The Kier molecular flexibility index (Phi) is 3.85. The molecule has 20 heavy (non-hydrogen) atoms. The number of rotatable bonds is 4. The van der Waals surface area contributed by atoms with Crippen molar-refractivity contribution in [3.8, 4) is 0 Å². The van der Waals surface area contributed by atoms with Gasteiger partial charge in [-0.3, -0.25) is 0 Å². The highest BCUT2D eigenvalue weighted by Crippen LogP contribution is 2.21. The predicted octanol–water partition coefficient (Wildman–Crippen LogP) is 2.92. The smallest absolute Gasteiger partial charge is 0.224 e. The summed E-state index contributed by atoms with van der Waals surface area (Å²) in [4.78, 5) is 11.2. The molecule has 3 heterocycles. The molecule has 0 saturated carbocycles. The first kappa shape index (κ1) is 13.0. The Labute approximate surface area is 119 Å². The van der Waals surface area contributed by atoms with Crippen LogP contribution < -0.4 is 10.2 Å². The predicted molar refractivity (Wildman–Crippen MR) is 78.7 cm³/mol. The highest BCUT2D eigenvalue weighted by Gasteiger charge is 2.17. The van der Waals surface area contributed by atoms with Crippen molar-refractivity contribution in [2.24, 2.45) is 5.92 Å². The first-order chi connectivity index (χ1) is 9.81. The lowest BCUT2D eigenvalue weighted by Gasteiger charge is -2.31. The fourth-order valence-electron chi connectivity index (χ4n) is 2.59. The summed E-state index contributed by atoms with van der Waals surface area (Å²) in [5.41, 5.74) is 0. The third-order valence-corrected chi connectivity index (χ3v) is 3.62. The second-order valence-electron chi connectivity index (χ2n) is 5.36. The van der Waals surface area contributed by atoms with Crippen molar-refractivity contribution in [1.29, 1.82) is 0 Å². The van der Waals surface area contributed by atoms with E-state index >= 15 is 0 Å². The largest absolute Gasteiger partial charge is 0.467 e. The molecule has 2 aromatic rings. The molecule has 5 heteroatoms. The van der Waals surface area contributed by atoms with Crippen molar-refractivity contribution in [2.45, 2.75) is 26.3 Å². The van der Waals surface area contributed by atoms with E-state index in [1.54, 1.807) is 6.26 Å². The maximum atomic E-state index is 5.29. The average molecular weight is 272 g/mol. The van der Waals surface area contributed by atoms with Crippen molar-refractivity contribution < 1.29 is 4.42 Å². The van der Waals surface area contributed by atoms with Crippen molar-refractivity contribution in [1.82, 2.24) is 9.97 Å². The minimum atomic E-state index is 0.604. The Balaban J connectivity index is 1.66. The maximum Gasteiger partial charge on any atom is 0.224 e. The number of hydrogen-bond donors (Lipinski definition) is 1. The molecule has 1 N–H and O–H groups in total. The van der Waals surface area contributed by atoms with E-state index in [-0.39, 0.29) is 0 Å². The van der Waals surface area contributed by atoms with E-state index in [2.05, 4.69) is 27.1 Å². The van der Waals surface area contributed by atoms with Crippen LogP contribution in [0.5, 0.6) is 0 Å². The number of nitrogens with zero attached hydrogens (tertiary/aromatic N) is 3. The summed E-state index contributed by atoms with van der Waals surface area (Å²) in [5.74, 6) is 3.27. The Bertz CT molecular complexity index is 541. The van der Waals surface area contributed by atoms with Crippen LogP contribution >= 0.6 is 0 Å². The van der Waals surface area contributed by atoms with Gasteiger partial charge in [0.1, 0.15) is 11.6 Å². The van der Waals surface area contributed by atoms with Gasteiger partial charge in [0.2, 0.25) is 5.95 Å². The van der Waals surface area contributed by atoms with Crippen LogP contribution in [0.1, 0.15) is 25.5 Å². The van der Waals surface area contributed by atoms with Crippen molar-refractivity contribution in [3.63, 3.8) is 0 Å². The van der Waals surface area contributed by atoms with Gasteiger partial charge < -0.3 is 14.6 Å². The number of hydrogen-bond acceptors (Lipinski definition) is 5. The van der Waals surface area contributed by atoms with Gasteiger partial charge in [-0.15, -0.1) is 0 Å². The van der Waals surface area contributed by atoms with Crippen molar-refractivity contribution in [3.05, 3.63) is 36.4 Å². The molecule has 0 aliphatic carbocycles. The van der Waals surface area contributed by atoms with Gasteiger partial charge in [0.25, 0.3) is 0 Å². The van der Waals surface area contributed by atoms with Gasteiger partial charge in [0, 0.05) is 19.3 Å². The summed E-state index contributed by atoms with van der Waals surface area (Å²) in [5, 5.41) is 3.20. The molecule has 3 rings (SSSR count). The van der Waals surface area contributed by atoms with Crippen molar-refractivity contribution in [2.75, 3.05) is 23.3 Å². The Morgan fingerprint density at radius 3 is 3.20 bits per heavy atom. The van der Waals surface area contributed by atoms with E-state index in [1.807, 2.05) is 24.4 Å². The summed E-state index contributed by atoms with van der Waals surface area (Å²) in [6.45, 7) is 5.06. The van der Waals surface area contributed by atoms with E-state index in [0.29, 0.717) is 12.5 Å². The van der Waals surface area contributed by atoms with E-state index in [0.717, 1.165) is 30.6 Å². The molecular formula is C15H20N4O. The molecule has 2 aromatic heterocycles. The van der Waals surface area contributed by atoms with Crippen LogP contribution in [-0.4, -0.2) is 23.1 Å². The number of piperidine rings is 1. The second-order valence-corrected chi connectivity index (χ2v) is 5.36. The lowest BCUT2D eigenvalue weighted by atomic mass is 10.0. The first-order valence-corrected chi connectivity index (χ1v) is 7.15. The van der Waals surface area contributed by atoms with Gasteiger partial charge in [-0.05, 0) is 37.0 Å². The molecule has 0 amide bonds. The number of anilines is 2. The molecule has 0 radical (unpaired) electrons. The maximum absolute atomic E-state index is 5.29. The number of nitrogens with one attached hydrogen (secondary N) is 1. The van der Waals surface area contributed by atoms with Crippen LogP contribution in [0.3, 0.4) is 0 Å². The summed E-state index contributed by atoms with van der Waals surface area (Å²) in [6.07, 6.45) is 6.03. The zero-order chi connectivity index (χ0) is 13.8. The molecule has 0 bridgehead atoms. The summed E-state index contributed by atoms with van der Waals surface area (Å²) in [7, 11) is 0. The van der Waals surface area contributed by atoms with Gasteiger partial charge in [0.15, 0.2) is 0 Å². The SMILES string of the molecule is CC1CCCN(c2ccnc(NCc3ccco3)n2)C1. The van der Waals surface area contributed by atoms with E-state index in [9.17, 15) is 0 Å². The van der Waals surface area contributed by atoms with Crippen LogP contribution in [0.2, 0.25) is 0 Å². The van der Waals surface area contributed by atoms with Gasteiger partial charge in [-0.2, -0.15) is 4.98 Å². The van der Waals surface area contributed by atoms with Gasteiger partial charge >= 0.3 is 0 Å². The Morgan fingerprint density at radius 2 is 2.40 bits per heavy atom. The monoisotopic (exact) mass is 272 g/mol. The van der Waals surface area contributed by atoms with Crippen LogP contribution in [0.4, 0.5) is 11.8 Å². The molecule has 1 atom stereocenters. The average Bonchev–Trinajstić information content (AvgIpc) is 2.99. The van der Waals surface area contributed by atoms with E-state index in [4.69, 9.17) is 4.42 Å². The van der Waals surface area contributed by atoms with Gasteiger partial charge in [-0.25, -0.2) is 4.98 Å². The molecule has 1 aliphatic heterocycles. The zero-order valence-electron chi connectivity index (χ0n) is 11.7. The molecule has 1 aliphatic rings. The molecular weight excluding hydrogens is 252 g/mol. The molecule has 1 saturated heterocycles. The fraction of sp³-hybridized carbons (Fsp3) is 0.467. The standard InChI is InChI=1S/C15H20N4O/c1-12-4-2-8-19(11-12)14-6-7-16-15(18-14)17-10-13-5-3-9-20-13/h3,5-7,9,12H,2,4,8,10-11H2,1H3,(H,16,17,18). The summed E-state index contributed by atoms with van der Waals surface area (Å²) < 4.78 is 5.29. The normalized spacial score (nSPS) is 19.1. The molecule has 0 aromatic carbocycles.